The van der Waals surface area contributed by atoms with Gasteiger partial charge in [0.05, 0.1) is 0 Å². The van der Waals surface area contributed by atoms with Crippen molar-refractivity contribution >= 4 is 11.9 Å². The van der Waals surface area contributed by atoms with Crippen LogP contribution in [0.25, 0.3) is 0 Å². The van der Waals surface area contributed by atoms with Crippen LogP contribution in [0.5, 0.6) is 0 Å². The van der Waals surface area contributed by atoms with Gasteiger partial charge in [-0.1, -0.05) is 11.6 Å². The van der Waals surface area contributed by atoms with E-state index in [-0.39, 0.29) is 24.1 Å². The summed E-state index contributed by atoms with van der Waals surface area (Å²) in [6.07, 6.45) is 4.69. The minimum absolute atomic E-state index is 0.319. The van der Waals surface area contributed by atoms with E-state index in [4.69, 9.17) is 9.47 Å². The molecule has 17 heavy (non-hydrogen) atoms. The molecule has 0 fully saturated rings. The van der Waals surface area contributed by atoms with Crippen LogP contribution in [0.1, 0.15) is 46.5 Å². The molecule has 2 atom stereocenters. The Bertz CT molecular complexity index is 319. The van der Waals surface area contributed by atoms with Crippen LogP contribution < -0.4 is 0 Å². The SMILES string of the molecule is CC(=O)OC1C/C=C(/C)CCCC1OC(C)=O. The van der Waals surface area contributed by atoms with Gasteiger partial charge in [-0.15, -0.1) is 0 Å². The first-order valence-corrected chi connectivity index (χ1v) is 5.99. The molecule has 0 bridgehead atoms. The average Bonchev–Trinajstić information content (AvgIpc) is 2.20. The van der Waals surface area contributed by atoms with Crippen LogP contribution in [0, 0.1) is 0 Å². The van der Waals surface area contributed by atoms with Crippen molar-refractivity contribution in [1.82, 2.24) is 0 Å². The fourth-order valence-electron chi connectivity index (χ4n) is 2.02. The maximum atomic E-state index is 11.0. The van der Waals surface area contributed by atoms with Gasteiger partial charge in [-0.3, -0.25) is 9.59 Å². The smallest absolute Gasteiger partial charge is 0.303 e. The molecule has 0 saturated heterocycles. The second-order valence-electron chi connectivity index (χ2n) is 4.47. The van der Waals surface area contributed by atoms with E-state index in [1.54, 1.807) is 0 Å². The van der Waals surface area contributed by atoms with E-state index in [2.05, 4.69) is 13.0 Å². The Kier molecular flexibility index (Phi) is 5.19. The lowest BCUT2D eigenvalue weighted by Gasteiger charge is -2.27. The predicted molar refractivity (Wildman–Crippen MR) is 63.3 cm³/mol. The summed E-state index contributed by atoms with van der Waals surface area (Å²) in [5.41, 5.74) is 1.29. The molecule has 4 heteroatoms. The summed E-state index contributed by atoms with van der Waals surface area (Å²) in [6.45, 7) is 4.82. The highest BCUT2D eigenvalue weighted by Crippen LogP contribution is 2.22. The van der Waals surface area contributed by atoms with Crippen LogP contribution in [-0.2, 0) is 19.1 Å². The van der Waals surface area contributed by atoms with Gasteiger partial charge in [0, 0.05) is 20.3 Å². The molecule has 4 nitrogen and oxygen atoms in total. The zero-order valence-electron chi connectivity index (χ0n) is 10.7. The normalized spacial score (nSPS) is 28.3. The molecule has 0 amide bonds. The monoisotopic (exact) mass is 240 g/mol. The molecule has 2 unspecified atom stereocenters. The Morgan fingerprint density at radius 1 is 1.18 bits per heavy atom. The van der Waals surface area contributed by atoms with Crippen molar-refractivity contribution in [3.05, 3.63) is 11.6 Å². The fraction of sp³-hybridized carbons (Fsp3) is 0.692. The Morgan fingerprint density at radius 2 is 1.76 bits per heavy atom. The van der Waals surface area contributed by atoms with Crippen LogP contribution in [0.3, 0.4) is 0 Å². The number of ether oxygens (including phenoxy) is 2. The average molecular weight is 240 g/mol. The van der Waals surface area contributed by atoms with Gasteiger partial charge in [0.15, 0.2) is 0 Å². The van der Waals surface area contributed by atoms with Gasteiger partial charge in [0.25, 0.3) is 0 Å². The fourth-order valence-corrected chi connectivity index (χ4v) is 2.02. The highest BCUT2D eigenvalue weighted by Gasteiger charge is 2.27. The zero-order chi connectivity index (χ0) is 12.8. The van der Waals surface area contributed by atoms with Crippen LogP contribution >= 0.6 is 0 Å². The van der Waals surface area contributed by atoms with E-state index in [9.17, 15) is 9.59 Å². The molecular weight excluding hydrogens is 220 g/mol. The molecule has 0 aromatic carbocycles. The second kappa shape index (κ2) is 6.42. The Morgan fingerprint density at radius 3 is 2.35 bits per heavy atom. The van der Waals surface area contributed by atoms with E-state index in [0.717, 1.165) is 19.3 Å². The summed E-state index contributed by atoms with van der Waals surface area (Å²) >= 11 is 0. The molecule has 0 saturated carbocycles. The lowest BCUT2D eigenvalue weighted by atomic mass is 9.96. The third kappa shape index (κ3) is 5.02. The molecular formula is C13H20O4. The third-order valence-corrected chi connectivity index (χ3v) is 2.81. The van der Waals surface area contributed by atoms with E-state index in [0.29, 0.717) is 6.42 Å². The molecule has 0 aromatic rings. The van der Waals surface area contributed by atoms with Gasteiger partial charge >= 0.3 is 11.9 Å². The maximum Gasteiger partial charge on any atom is 0.303 e. The van der Waals surface area contributed by atoms with Crippen LogP contribution in [0.15, 0.2) is 11.6 Å². The molecule has 0 radical (unpaired) electrons. The zero-order valence-corrected chi connectivity index (χ0v) is 10.7. The standard InChI is InChI=1S/C13H20O4/c1-9-5-4-6-12(16-10(2)14)13(8-7-9)17-11(3)15/h7,12-13H,4-6,8H2,1-3H3/b9-7-. The maximum absolute atomic E-state index is 11.0. The molecule has 0 heterocycles. The van der Waals surface area contributed by atoms with Crippen LogP contribution in [-0.4, -0.2) is 24.1 Å². The highest BCUT2D eigenvalue weighted by molar-refractivity contribution is 5.67. The summed E-state index contributed by atoms with van der Waals surface area (Å²) in [5, 5.41) is 0. The van der Waals surface area contributed by atoms with Crippen molar-refractivity contribution in [2.45, 2.75) is 58.7 Å². The van der Waals surface area contributed by atoms with E-state index in [1.165, 1.54) is 19.4 Å². The molecule has 0 N–H and O–H groups in total. The van der Waals surface area contributed by atoms with Gasteiger partial charge in [-0.25, -0.2) is 0 Å². The quantitative estimate of drug-likeness (QED) is 0.549. The largest absolute Gasteiger partial charge is 0.459 e. The van der Waals surface area contributed by atoms with E-state index < -0.39 is 0 Å². The van der Waals surface area contributed by atoms with Crippen molar-refractivity contribution < 1.29 is 19.1 Å². The van der Waals surface area contributed by atoms with Crippen molar-refractivity contribution in [2.24, 2.45) is 0 Å². The Labute approximate surface area is 102 Å². The van der Waals surface area contributed by atoms with Gasteiger partial charge in [0.2, 0.25) is 0 Å². The first kappa shape index (κ1) is 13.7. The highest BCUT2D eigenvalue weighted by atomic mass is 16.6. The molecule has 0 aliphatic heterocycles. The summed E-state index contributed by atoms with van der Waals surface area (Å²) in [4.78, 5) is 22.1. The number of rotatable bonds is 2. The number of hydrogen-bond donors (Lipinski definition) is 0. The molecule has 96 valence electrons. The molecule has 1 rings (SSSR count). The van der Waals surface area contributed by atoms with Crippen molar-refractivity contribution in [3.63, 3.8) is 0 Å². The van der Waals surface area contributed by atoms with E-state index >= 15 is 0 Å². The van der Waals surface area contributed by atoms with Crippen LogP contribution in [0.2, 0.25) is 0 Å². The Balaban J connectivity index is 2.74. The topological polar surface area (TPSA) is 52.6 Å². The minimum atomic E-state index is -0.355. The number of allylic oxidation sites excluding steroid dienone is 1. The summed E-state index contributed by atoms with van der Waals surface area (Å²) in [5.74, 6) is -0.660. The number of hydrogen-bond acceptors (Lipinski definition) is 4. The molecule has 1 aliphatic rings. The first-order chi connectivity index (χ1) is 7.99. The van der Waals surface area contributed by atoms with Crippen molar-refractivity contribution in [3.8, 4) is 0 Å². The van der Waals surface area contributed by atoms with Gasteiger partial charge in [-0.05, 0) is 26.2 Å². The first-order valence-electron chi connectivity index (χ1n) is 5.99. The molecule has 0 spiro atoms. The Hall–Kier alpha value is -1.32. The van der Waals surface area contributed by atoms with Gasteiger partial charge in [0.1, 0.15) is 12.2 Å². The summed E-state index contributed by atoms with van der Waals surface area (Å²) in [7, 11) is 0. The van der Waals surface area contributed by atoms with Crippen molar-refractivity contribution in [2.75, 3.05) is 0 Å². The van der Waals surface area contributed by atoms with Crippen LogP contribution in [0.4, 0.5) is 0 Å². The predicted octanol–water partition coefficient (Wildman–Crippen LogP) is 2.37. The third-order valence-electron chi connectivity index (χ3n) is 2.81. The second-order valence-corrected chi connectivity index (χ2v) is 4.47. The van der Waals surface area contributed by atoms with Gasteiger partial charge in [-0.2, -0.15) is 0 Å². The van der Waals surface area contributed by atoms with Gasteiger partial charge < -0.3 is 9.47 Å². The molecule has 1 aliphatic carbocycles. The summed E-state index contributed by atoms with van der Waals surface area (Å²) < 4.78 is 10.5. The minimum Gasteiger partial charge on any atom is -0.459 e. The lowest BCUT2D eigenvalue weighted by molar-refractivity contribution is -0.165. The number of carbonyl (C=O) groups excluding carboxylic acids is 2. The number of carbonyl (C=O) groups is 2. The molecule has 0 aromatic heterocycles. The lowest BCUT2D eigenvalue weighted by Crippen LogP contribution is -2.34. The van der Waals surface area contributed by atoms with E-state index in [1.807, 2.05) is 0 Å². The summed E-state index contributed by atoms with van der Waals surface area (Å²) in [6, 6.07) is 0. The number of esters is 2. The van der Waals surface area contributed by atoms with Crippen molar-refractivity contribution in [1.29, 1.82) is 0 Å².